The number of rotatable bonds is 2. The van der Waals surface area contributed by atoms with Crippen LogP contribution in [-0.4, -0.2) is 22.9 Å². The van der Waals surface area contributed by atoms with Gasteiger partial charge in [0.2, 0.25) is 0 Å². The molecule has 1 aliphatic carbocycles. The van der Waals surface area contributed by atoms with Gasteiger partial charge in [-0.2, -0.15) is 5.10 Å². The number of benzene rings is 1. The van der Waals surface area contributed by atoms with Crippen molar-refractivity contribution in [2.24, 2.45) is 7.05 Å². The molecule has 0 saturated heterocycles. The van der Waals surface area contributed by atoms with Gasteiger partial charge < -0.3 is 4.74 Å². The Balaban J connectivity index is 2.16. The maximum atomic E-state index is 11.5. The summed E-state index contributed by atoms with van der Waals surface area (Å²) in [7, 11) is 3.31. The third-order valence-corrected chi connectivity index (χ3v) is 3.27. The highest BCUT2D eigenvalue weighted by Crippen LogP contribution is 2.42. The second kappa shape index (κ2) is 3.58. The number of methoxy groups -OCH3 is 1. The van der Waals surface area contributed by atoms with Crippen LogP contribution in [0.4, 0.5) is 0 Å². The van der Waals surface area contributed by atoms with E-state index in [1.165, 1.54) is 25.6 Å². The Morgan fingerprint density at radius 1 is 1.47 bits per heavy atom. The first-order valence-electron chi connectivity index (χ1n) is 5.75. The highest BCUT2D eigenvalue weighted by molar-refractivity contribution is 5.95. The fraction of sp³-hybridized carbons (Fsp3) is 0.385. The molecule has 1 aliphatic rings. The number of aromatic nitrogens is 2. The van der Waals surface area contributed by atoms with Gasteiger partial charge >= 0.3 is 5.97 Å². The van der Waals surface area contributed by atoms with E-state index in [1.807, 2.05) is 29.9 Å². The number of carbonyl (C=O) groups excluding carboxylic acids is 1. The molecule has 17 heavy (non-hydrogen) atoms. The lowest BCUT2D eigenvalue weighted by molar-refractivity contribution is 0.0601. The quantitative estimate of drug-likeness (QED) is 0.743. The van der Waals surface area contributed by atoms with E-state index in [0.717, 1.165) is 10.9 Å². The molecule has 0 aliphatic heterocycles. The minimum absolute atomic E-state index is 0.305. The van der Waals surface area contributed by atoms with Crippen molar-refractivity contribution < 1.29 is 9.53 Å². The number of aryl methyl sites for hydroxylation is 1. The molecule has 0 amide bonds. The number of nitrogens with zero attached hydrogens (tertiary/aromatic N) is 2. The van der Waals surface area contributed by atoms with Crippen LogP contribution in [0.3, 0.4) is 0 Å². The number of esters is 1. The van der Waals surface area contributed by atoms with Crippen molar-refractivity contribution in [2.45, 2.75) is 18.8 Å². The molecule has 0 radical (unpaired) electrons. The standard InChI is InChI=1S/C13H14N2O2/c1-15-11-7-9(13(16)17-2)5-6-10(11)12(14-15)8-3-4-8/h5-8H,3-4H2,1-2H3. The molecule has 1 saturated carbocycles. The normalized spacial score (nSPS) is 15.2. The number of carbonyl (C=O) groups is 1. The van der Waals surface area contributed by atoms with Gasteiger partial charge in [-0.25, -0.2) is 4.79 Å². The summed E-state index contributed by atoms with van der Waals surface area (Å²) in [5.41, 5.74) is 2.74. The molecule has 1 heterocycles. The second-order valence-corrected chi connectivity index (χ2v) is 4.51. The van der Waals surface area contributed by atoms with Crippen molar-refractivity contribution in [3.8, 4) is 0 Å². The Labute approximate surface area is 99.2 Å². The van der Waals surface area contributed by atoms with Crippen molar-refractivity contribution in [3.63, 3.8) is 0 Å². The van der Waals surface area contributed by atoms with E-state index in [4.69, 9.17) is 4.74 Å². The predicted molar refractivity (Wildman–Crippen MR) is 64.0 cm³/mol. The van der Waals surface area contributed by atoms with Crippen molar-refractivity contribution in [3.05, 3.63) is 29.5 Å². The summed E-state index contributed by atoms with van der Waals surface area (Å²) in [5.74, 6) is 0.309. The zero-order valence-corrected chi connectivity index (χ0v) is 9.93. The van der Waals surface area contributed by atoms with Crippen LogP contribution >= 0.6 is 0 Å². The van der Waals surface area contributed by atoms with Gasteiger partial charge in [0.05, 0.1) is 23.9 Å². The summed E-state index contributed by atoms with van der Waals surface area (Å²) in [6.07, 6.45) is 2.45. The molecule has 0 N–H and O–H groups in total. The SMILES string of the molecule is COC(=O)c1ccc2c(C3CC3)nn(C)c2c1. The van der Waals surface area contributed by atoms with Crippen LogP contribution in [0, 0.1) is 0 Å². The molecule has 1 fully saturated rings. The van der Waals surface area contributed by atoms with Gasteiger partial charge in [-0.15, -0.1) is 0 Å². The van der Waals surface area contributed by atoms with Crippen LogP contribution in [0.15, 0.2) is 18.2 Å². The lowest BCUT2D eigenvalue weighted by atomic mass is 10.1. The topological polar surface area (TPSA) is 44.1 Å². The van der Waals surface area contributed by atoms with Gasteiger partial charge in [0.1, 0.15) is 0 Å². The number of ether oxygens (including phenoxy) is 1. The molecule has 88 valence electrons. The fourth-order valence-corrected chi connectivity index (χ4v) is 2.19. The first-order valence-corrected chi connectivity index (χ1v) is 5.75. The van der Waals surface area contributed by atoms with Crippen LogP contribution in [0.2, 0.25) is 0 Å². The largest absolute Gasteiger partial charge is 0.465 e. The van der Waals surface area contributed by atoms with E-state index >= 15 is 0 Å². The Kier molecular flexibility index (Phi) is 2.18. The Morgan fingerprint density at radius 3 is 2.88 bits per heavy atom. The zero-order chi connectivity index (χ0) is 12.0. The lowest BCUT2D eigenvalue weighted by Gasteiger charge is -2.00. The van der Waals surface area contributed by atoms with Crippen LogP contribution in [0.1, 0.15) is 34.8 Å². The Morgan fingerprint density at radius 2 is 2.24 bits per heavy atom. The van der Waals surface area contributed by atoms with Crippen molar-refractivity contribution in [2.75, 3.05) is 7.11 Å². The average Bonchev–Trinajstić information content (AvgIpc) is 3.14. The van der Waals surface area contributed by atoms with Crippen LogP contribution in [-0.2, 0) is 11.8 Å². The van der Waals surface area contributed by atoms with Crippen molar-refractivity contribution >= 4 is 16.9 Å². The van der Waals surface area contributed by atoms with E-state index < -0.39 is 0 Å². The van der Waals surface area contributed by atoms with Crippen LogP contribution < -0.4 is 0 Å². The number of fused-ring (bicyclic) bond motifs is 1. The molecular formula is C13H14N2O2. The summed E-state index contributed by atoms with van der Waals surface area (Å²) in [4.78, 5) is 11.5. The van der Waals surface area contributed by atoms with E-state index in [9.17, 15) is 4.79 Å². The highest BCUT2D eigenvalue weighted by atomic mass is 16.5. The summed E-state index contributed by atoms with van der Waals surface area (Å²) in [6.45, 7) is 0. The molecule has 4 nitrogen and oxygen atoms in total. The molecule has 3 rings (SSSR count). The average molecular weight is 230 g/mol. The third kappa shape index (κ3) is 1.60. The Hall–Kier alpha value is -1.84. The van der Waals surface area contributed by atoms with Crippen LogP contribution in [0.5, 0.6) is 0 Å². The van der Waals surface area contributed by atoms with Gasteiger partial charge in [0, 0.05) is 18.4 Å². The van der Waals surface area contributed by atoms with Crippen LogP contribution in [0.25, 0.3) is 10.9 Å². The number of hydrogen-bond donors (Lipinski definition) is 0. The number of hydrogen-bond acceptors (Lipinski definition) is 3. The van der Waals surface area contributed by atoms with Gasteiger partial charge in [-0.1, -0.05) is 6.07 Å². The molecular weight excluding hydrogens is 216 g/mol. The maximum Gasteiger partial charge on any atom is 0.337 e. The van der Waals surface area contributed by atoms with E-state index in [-0.39, 0.29) is 5.97 Å². The van der Waals surface area contributed by atoms with Crippen molar-refractivity contribution in [1.29, 1.82) is 0 Å². The highest BCUT2D eigenvalue weighted by Gasteiger charge is 2.28. The summed E-state index contributed by atoms with van der Waals surface area (Å²) in [5, 5.41) is 5.70. The third-order valence-electron chi connectivity index (χ3n) is 3.27. The van der Waals surface area contributed by atoms with Gasteiger partial charge in [0.25, 0.3) is 0 Å². The smallest absolute Gasteiger partial charge is 0.337 e. The molecule has 0 spiro atoms. The first-order chi connectivity index (χ1) is 8.20. The minimum Gasteiger partial charge on any atom is -0.465 e. The summed E-state index contributed by atoms with van der Waals surface area (Å²) in [6, 6.07) is 5.63. The predicted octanol–water partition coefficient (Wildman–Crippen LogP) is 2.24. The maximum absolute atomic E-state index is 11.5. The minimum atomic E-state index is -0.305. The van der Waals surface area contributed by atoms with E-state index in [0.29, 0.717) is 11.5 Å². The Bertz CT molecular complexity index is 597. The lowest BCUT2D eigenvalue weighted by Crippen LogP contribution is -2.01. The summed E-state index contributed by atoms with van der Waals surface area (Å²) >= 11 is 0. The van der Waals surface area contributed by atoms with Crippen molar-refractivity contribution in [1.82, 2.24) is 9.78 Å². The first kappa shape index (κ1) is 10.3. The van der Waals surface area contributed by atoms with Gasteiger partial charge in [0.15, 0.2) is 0 Å². The molecule has 1 aromatic carbocycles. The van der Waals surface area contributed by atoms with Gasteiger partial charge in [-0.05, 0) is 25.0 Å². The summed E-state index contributed by atoms with van der Waals surface area (Å²) < 4.78 is 6.57. The van der Waals surface area contributed by atoms with Gasteiger partial charge in [-0.3, -0.25) is 4.68 Å². The zero-order valence-electron chi connectivity index (χ0n) is 9.93. The molecule has 1 aromatic heterocycles. The molecule has 2 aromatic rings. The fourth-order valence-electron chi connectivity index (χ4n) is 2.19. The molecule has 0 bridgehead atoms. The molecule has 0 unspecified atom stereocenters. The van der Waals surface area contributed by atoms with E-state index in [1.54, 1.807) is 0 Å². The van der Waals surface area contributed by atoms with E-state index in [2.05, 4.69) is 5.10 Å². The second-order valence-electron chi connectivity index (χ2n) is 4.51. The molecule has 0 atom stereocenters. The molecule has 4 heteroatoms. The monoisotopic (exact) mass is 230 g/mol.